The molecule has 0 unspecified atom stereocenters. The first-order valence-corrected chi connectivity index (χ1v) is 18.9. The monoisotopic (exact) mass is 716 g/mol. The lowest BCUT2D eigenvalue weighted by molar-refractivity contribution is 1.32. The van der Waals surface area contributed by atoms with E-state index in [0.29, 0.717) is 27.9 Å². The first kappa shape index (κ1) is 34.8. The van der Waals surface area contributed by atoms with Crippen molar-refractivity contribution in [2.75, 3.05) is 0 Å². The van der Waals surface area contributed by atoms with Gasteiger partial charge in [-0.3, -0.25) is 0 Å². The molecule has 0 amide bonds. The Kier molecular flexibility index (Phi) is 9.80. The van der Waals surface area contributed by atoms with Crippen LogP contribution in [0.2, 0.25) is 0 Å². The van der Waals surface area contributed by atoms with Crippen LogP contribution >= 0.6 is 22.7 Å². The SMILES string of the molecule is C=C/C=c1\c(=C/C)sc2ccc(-c3nc(-c4cc(C#N)cc(C#N)c4)c(-c4cccc(C#N)c4)cc3-c3ccc4sc5ccccc5c4c3)cc12.CC. The lowest BCUT2D eigenvalue weighted by Gasteiger charge is -2.18. The molecule has 53 heavy (non-hydrogen) atoms. The average Bonchev–Trinajstić information content (AvgIpc) is 3.78. The largest absolute Gasteiger partial charge is 0.246 e. The number of hydrogen-bond acceptors (Lipinski definition) is 6. The molecule has 0 aliphatic heterocycles. The molecule has 0 saturated heterocycles. The first-order chi connectivity index (χ1) is 26.0. The van der Waals surface area contributed by atoms with Gasteiger partial charge >= 0.3 is 0 Å². The van der Waals surface area contributed by atoms with Gasteiger partial charge in [-0.05, 0) is 90.0 Å². The third-order valence-corrected chi connectivity index (χ3v) is 11.5. The van der Waals surface area contributed by atoms with Gasteiger partial charge in [0.05, 0.1) is 46.3 Å². The summed E-state index contributed by atoms with van der Waals surface area (Å²) in [4.78, 5) is 5.48. The van der Waals surface area contributed by atoms with E-state index in [1.807, 2.05) is 45.0 Å². The third kappa shape index (κ3) is 6.41. The number of fused-ring (bicyclic) bond motifs is 4. The second-order valence-electron chi connectivity index (χ2n) is 12.1. The molecule has 0 bridgehead atoms. The highest BCUT2D eigenvalue weighted by molar-refractivity contribution is 7.25. The second kappa shape index (κ2) is 14.9. The highest BCUT2D eigenvalue weighted by atomic mass is 32.1. The van der Waals surface area contributed by atoms with Gasteiger partial charge in [0.15, 0.2) is 0 Å². The minimum atomic E-state index is 0.371. The Labute approximate surface area is 316 Å². The summed E-state index contributed by atoms with van der Waals surface area (Å²) in [6, 6.07) is 43.0. The number of hydrogen-bond donors (Lipinski definition) is 0. The summed E-state index contributed by atoms with van der Waals surface area (Å²) in [6.45, 7) is 10.0. The van der Waals surface area contributed by atoms with Crippen LogP contribution in [0.3, 0.4) is 0 Å². The summed E-state index contributed by atoms with van der Waals surface area (Å²) in [7, 11) is 0. The summed E-state index contributed by atoms with van der Waals surface area (Å²) in [5.74, 6) is 0. The molecule has 0 radical (unpaired) electrons. The molecule has 0 atom stereocenters. The van der Waals surface area contributed by atoms with Gasteiger partial charge < -0.3 is 0 Å². The van der Waals surface area contributed by atoms with E-state index in [2.05, 4.69) is 104 Å². The highest BCUT2D eigenvalue weighted by Gasteiger charge is 2.20. The van der Waals surface area contributed by atoms with Crippen LogP contribution < -0.4 is 9.75 Å². The molecule has 0 aliphatic carbocycles. The van der Waals surface area contributed by atoms with Crippen molar-refractivity contribution < 1.29 is 0 Å². The quantitative estimate of drug-likeness (QED) is 0.177. The van der Waals surface area contributed by atoms with Crippen molar-refractivity contribution in [1.29, 1.82) is 15.8 Å². The van der Waals surface area contributed by atoms with Crippen LogP contribution in [0.4, 0.5) is 0 Å². The number of rotatable bonds is 5. The third-order valence-electron chi connectivity index (χ3n) is 9.05. The van der Waals surface area contributed by atoms with Crippen molar-refractivity contribution in [3.05, 3.63) is 148 Å². The summed E-state index contributed by atoms with van der Waals surface area (Å²) in [6.07, 6.45) is 6.00. The Morgan fingerprint density at radius 3 is 1.87 bits per heavy atom. The standard InChI is InChI=1S/C45H26N4S2.C2H6/c1-3-8-34-39-22-32(14-16-42(39)50-40(34)4-2)44-37(31-13-15-43-38(21-31)35-11-5-6-12-41(35)51-43)23-36(30-10-7-9-27(18-30)24-46)45(49-44)33-19-28(25-47)17-29(20-33)26-48;1-2/h3-23H,1H2,2H3;1-2H3/b34-8-,40-4+;. The zero-order chi connectivity index (χ0) is 37.1. The van der Waals surface area contributed by atoms with Crippen molar-refractivity contribution in [2.24, 2.45) is 0 Å². The van der Waals surface area contributed by atoms with E-state index in [9.17, 15) is 15.8 Å². The number of thiophene rings is 2. The highest BCUT2D eigenvalue weighted by Crippen LogP contribution is 2.43. The van der Waals surface area contributed by atoms with Crippen molar-refractivity contribution in [3.8, 4) is 63.0 Å². The van der Waals surface area contributed by atoms with Crippen molar-refractivity contribution in [1.82, 2.24) is 4.98 Å². The van der Waals surface area contributed by atoms with Crippen LogP contribution in [0.15, 0.2) is 122 Å². The topological polar surface area (TPSA) is 84.3 Å². The molecule has 0 N–H and O–H groups in total. The smallest absolute Gasteiger partial charge is 0.0992 e. The summed E-state index contributed by atoms with van der Waals surface area (Å²) >= 11 is 3.52. The molecule has 0 fully saturated rings. The van der Waals surface area contributed by atoms with E-state index in [1.54, 1.807) is 46.9 Å². The fourth-order valence-corrected chi connectivity index (χ4v) is 8.87. The normalized spacial score (nSPS) is 11.5. The maximum atomic E-state index is 9.92. The molecule has 3 heterocycles. The summed E-state index contributed by atoms with van der Waals surface area (Å²) in [5, 5.41) is 34.3. The molecular formula is C47H32N4S2. The van der Waals surface area contributed by atoms with Gasteiger partial charge in [-0.25, -0.2) is 4.98 Å². The molecule has 0 aliphatic rings. The predicted molar refractivity (Wildman–Crippen MR) is 224 cm³/mol. The second-order valence-corrected chi connectivity index (χ2v) is 14.3. The van der Waals surface area contributed by atoms with E-state index >= 15 is 0 Å². The van der Waals surface area contributed by atoms with Gasteiger partial charge in [0, 0.05) is 57.0 Å². The van der Waals surface area contributed by atoms with Gasteiger partial charge in [-0.2, -0.15) is 15.8 Å². The molecule has 252 valence electrons. The molecule has 0 spiro atoms. The minimum Gasteiger partial charge on any atom is -0.246 e. The van der Waals surface area contributed by atoms with Crippen molar-refractivity contribution >= 4 is 65.1 Å². The maximum Gasteiger partial charge on any atom is 0.0992 e. The number of pyridine rings is 1. The maximum absolute atomic E-state index is 9.92. The number of aromatic nitrogens is 1. The zero-order valence-corrected chi connectivity index (χ0v) is 31.1. The molecular weight excluding hydrogens is 685 g/mol. The van der Waals surface area contributed by atoms with E-state index in [4.69, 9.17) is 4.98 Å². The van der Waals surface area contributed by atoms with Gasteiger partial charge in [-0.1, -0.05) is 81.1 Å². The zero-order valence-electron chi connectivity index (χ0n) is 29.4. The van der Waals surface area contributed by atoms with E-state index in [0.717, 1.165) is 44.1 Å². The van der Waals surface area contributed by atoms with Crippen LogP contribution in [0.1, 0.15) is 37.5 Å². The Balaban J connectivity index is 0.00000214. The Bertz CT molecular complexity index is 2960. The fraction of sp³-hybridized carbons (Fsp3) is 0.0638. The van der Waals surface area contributed by atoms with Crippen LogP contribution in [-0.4, -0.2) is 4.98 Å². The molecule has 4 nitrogen and oxygen atoms in total. The van der Waals surface area contributed by atoms with Gasteiger partial charge in [0.2, 0.25) is 0 Å². The van der Waals surface area contributed by atoms with Crippen LogP contribution in [0.25, 0.3) is 87.2 Å². The lowest BCUT2D eigenvalue weighted by Crippen LogP contribution is -2.17. The van der Waals surface area contributed by atoms with Crippen LogP contribution in [-0.2, 0) is 0 Å². The van der Waals surface area contributed by atoms with E-state index in [-0.39, 0.29) is 0 Å². The molecule has 5 aromatic carbocycles. The molecule has 8 aromatic rings. The Hall–Kier alpha value is -6.62. The van der Waals surface area contributed by atoms with Gasteiger partial charge in [0.1, 0.15) is 0 Å². The van der Waals surface area contributed by atoms with Crippen LogP contribution in [0.5, 0.6) is 0 Å². The molecule has 6 heteroatoms. The molecule has 0 saturated carbocycles. The molecule has 3 aromatic heterocycles. The first-order valence-electron chi connectivity index (χ1n) is 17.3. The summed E-state index contributed by atoms with van der Waals surface area (Å²) < 4.78 is 4.78. The van der Waals surface area contributed by atoms with Crippen LogP contribution in [0, 0.1) is 34.0 Å². The Morgan fingerprint density at radius 2 is 1.17 bits per heavy atom. The Morgan fingerprint density at radius 1 is 0.566 bits per heavy atom. The van der Waals surface area contributed by atoms with E-state index in [1.165, 1.54) is 29.4 Å². The van der Waals surface area contributed by atoms with E-state index < -0.39 is 0 Å². The number of allylic oxidation sites excluding steroid dienone is 1. The summed E-state index contributed by atoms with van der Waals surface area (Å²) in [5.41, 5.74) is 7.77. The number of benzene rings is 5. The average molecular weight is 717 g/mol. The minimum absolute atomic E-state index is 0.371. The predicted octanol–water partition coefficient (Wildman–Crippen LogP) is 11.7. The van der Waals surface area contributed by atoms with Gasteiger partial charge in [-0.15, -0.1) is 22.7 Å². The van der Waals surface area contributed by atoms with Crippen molar-refractivity contribution in [3.63, 3.8) is 0 Å². The number of nitrogens with zero attached hydrogens (tertiary/aromatic N) is 4. The van der Waals surface area contributed by atoms with Gasteiger partial charge in [0.25, 0.3) is 0 Å². The number of nitriles is 3. The fourth-order valence-electron chi connectivity index (χ4n) is 6.72. The molecule has 8 rings (SSSR count). The van der Waals surface area contributed by atoms with Crippen molar-refractivity contribution in [2.45, 2.75) is 20.8 Å². The lowest BCUT2D eigenvalue weighted by atomic mass is 9.90.